The number of nitrogens with one attached hydrogen (secondary N) is 2. The van der Waals surface area contributed by atoms with Crippen LogP contribution in [-0.4, -0.2) is 23.6 Å². The normalized spacial score (nSPS) is 16.0. The van der Waals surface area contributed by atoms with Crippen molar-refractivity contribution in [1.82, 2.24) is 0 Å². The van der Waals surface area contributed by atoms with E-state index in [1.165, 1.54) is 27.0 Å². The van der Waals surface area contributed by atoms with Crippen LogP contribution >= 0.6 is 0 Å². The summed E-state index contributed by atoms with van der Waals surface area (Å²) in [4.78, 5) is 35.4. The monoisotopic (exact) mass is 346 g/mol. The fourth-order valence-corrected chi connectivity index (χ4v) is 2.70. The minimum Gasteiger partial charge on any atom is -0.419 e. The molecule has 0 bridgehead atoms. The Morgan fingerprint density at radius 3 is 2.08 bits per heavy atom. The molecule has 1 aromatic rings. The maximum absolute atomic E-state index is 12.0. The number of amides is 1. The van der Waals surface area contributed by atoms with Gasteiger partial charge in [-0.25, -0.2) is 9.59 Å². The number of carbonyl (C=O) groups is 3. The minimum absolute atomic E-state index is 0.180. The standard InChI is InChI=1S/C18H22N2O5/c1-9-7-10(2)15(20-12(4)21)11(3)14(9)19-8-13-16(22)24-18(5,6)25-17(13)23/h7-8,19H,1-6H3,(H,20,21). The van der Waals surface area contributed by atoms with E-state index < -0.39 is 17.7 Å². The molecular formula is C18H22N2O5. The van der Waals surface area contributed by atoms with Crippen LogP contribution in [0.3, 0.4) is 0 Å². The van der Waals surface area contributed by atoms with E-state index in [0.29, 0.717) is 11.4 Å². The summed E-state index contributed by atoms with van der Waals surface area (Å²) >= 11 is 0. The van der Waals surface area contributed by atoms with Crippen molar-refractivity contribution in [3.63, 3.8) is 0 Å². The molecule has 0 spiro atoms. The van der Waals surface area contributed by atoms with Crippen molar-refractivity contribution in [2.75, 3.05) is 10.6 Å². The molecule has 0 unspecified atom stereocenters. The Morgan fingerprint density at radius 1 is 1.04 bits per heavy atom. The molecule has 1 aliphatic heterocycles. The number of rotatable bonds is 3. The molecule has 2 N–H and O–H groups in total. The van der Waals surface area contributed by atoms with Gasteiger partial charge in [-0.2, -0.15) is 0 Å². The largest absolute Gasteiger partial charge is 0.419 e. The van der Waals surface area contributed by atoms with E-state index in [1.807, 2.05) is 26.8 Å². The summed E-state index contributed by atoms with van der Waals surface area (Å²) in [7, 11) is 0. The van der Waals surface area contributed by atoms with Gasteiger partial charge in [0, 0.05) is 38.3 Å². The van der Waals surface area contributed by atoms with Crippen molar-refractivity contribution < 1.29 is 23.9 Å². The van der Waals surface area contributed by atoms with Gasteiger partial charge in [0.15, 0.2) is 5.57 Å². The van der Waals surface area contributed by atoms with Gasteiger partial charge in [-0.1, -0.05) is 6.07 Å². The lowest BCUT2D eigenvalue weighted by Crippen LogP contribution is -2.42. The Kier molecular flexibility index (Phi) is 4.87. The van der Waals surface area contributed by atoms with Gasteiger partial charge in [0.25, 0.3) is 5.79 Å². The highest BCUT2D eigenvalue weighted by molar-refractivity contribution is 6.15. The zero-order chi connectivity index (χ0) is 18.9. The van der Waals surface area contributed by atoms with Crippen molar-refractivity contribution >= 4 is 29.2 Å². The van der Waals surface area contributed by atoms with Crippen LogP contribution in [0, 0.1) is 20.8 Å². The molecular weight excluding hydrogens is 324 g/mol. The predicted octanol–water partition coefficient (Wildman–Crippen LogP) is 2.70. The van der Waals surface area contributed by atoms with E-state index in [2.05, 4.69) is 10.6 Å². The lowest BCUT2D eigenvalue weighted by atomic mass is 10.0. The first-order valence-corrected chi connectivity index (χ1v) is 7.83. The van der Waals surface area contributed by atoms with Crippen molar-refractivity contribution in [3.05, 3.63) is 34.5 Å². The number of hydrogen-bond donors (Lipinski definition) is 2. The summed E-state index contributed by atoms with van der Waals surface area (Å²) in [5, 5.41) is 5.76. The van der Waals surface area contributed by atoms with E-state index >= 15 is 0 Å². The smallest absolute Gasteiger partial charge is 0.350 e. The summed E-state index contributed by atoms with van der Waals surface area (Å²) in [6, 6.07) is 1.90. The Bertz CT molecular complexity index is 771. The second-order valence-electron chi connectivity index (χ2n) is 6.45. The number of cyclic esters (lactones) is 2. The third-order valence-corrected chi connectivity index (χ3v) is 3.75. The topological polar surface area (TPSA) is 93.7 Å². The average Bonchev–Trinajstić information content (AvgIpc) is 2.44. The molecule has 2 rings (SSSR count). The number of benzene rings is 1. The second kappa shape index (κ2) is 6.58. The molecule has 0 saturated carbocycles. The van der Waals surface area contributed by atoms with Crippen molar-refractivity contribution in [2.45, 2.75) is 47.3 Å². The molecule has 0 aliphatic carbocycles. The van der Waals surface area contributed by atoms with E-state index in [1.54, 1.807) is 0 Å². The molecule has 1 amide bonds. The number of esters is 2. The highest BCUT2D eigenvalue weighted by atomic mass is 16.7. The molecule has 1 aromatic carbocycles. The second-order valence-corrected chi connectivity index (χ2v) is 6.45. The number of carbonyl (C=O) groups excluding carboxylic acids is 3. The summed E-state index contributed by atoms with van der Waals surface area (Å²) in [6.45, 7) is 10.0. The highest BCUT2D eigenvalue weighted by Gasteiger charge is 2.39. The third kappa shape index (κ3) is 3.99. The molecule has 1 saturated heterocycles. The summed E-state index contributed by atoms with van der Waals surface area (Å²) < 4.78 is 10.1. The summed E-state index contributed by atoms with van der Waals surface area (Å²) in [5.74, 6) is -2.96. The van der Waals surface area contributed by atoms with Crippen LogP contribution in [0.4, 0.5) is 11.4 Å². The third-order valence-electron chi connectivity index (χ3n) is 3.75. The molecule has 0 radical (unpaired) electrons. The molecule has 7 nitrogen and oxygen atoms in total. The number of aryl methyl sites for hydroxylation is 2. The number of hydrogen-bond acceptors (Lipinski definition) is 6. The summed E-state index contributed by atoms with van der Waals surface area (Å²) in [6.07, 6.45) is 1.27. The van der Waals surface area contributed by atoms with Gasteiger partial charge in [-0.15, -0.1) is 0 Å². The first-order chi connectivity index (χ1) is 11.5. The van der Waals surface area contributed by atoms with Gasteiger partial charge in [-0.3, -0.25) is 4.79 Å². The fraction of sp³-hybridized carbons (Fsp3) is 0.389. The lowest BCUT2D eigenvalue weighted by Gasteiger charge is -2.29. The van der Waals surface area contributed by atoms with Gasteiger partial charge < -0.3 is 20.1 Å². The predicted molar refractivity (Wildman–Crippen MR) is 92.9 cm³/mol. The van der Waals surface area contributed by atoms with Gasteiger partial charge in [0.2, 0.25) is 5.91 Å². The van der Waals surface area contributed by atoms with E-state index in [-0.39, 0.29) is 11.5 Å². The Balaban J connectivity index is 2.36. The van der Waals surface area contributed by atoms with E-state index in [0.717, 1.165) is 16.7 Å². The Hall–Kier alpha value is -2.83. The van der Waals surface area contributed by atoms with Crippen LogP contribution in [-0.2, 0) is 23.9 Å². The highest BCUT2D eigenvalue weighted by Crippen LogP contribution is 2.31. The van der Waals surface area contributed by atoms with E-state index in [9.17, 15) is 14.4 Å². The molecule has 0 atom stereocenters. The molecule has 7 heteroatoms. The molecule has 1 fully saturated rings. The molecule has 1 aliphatic rings. The maximum atomic E-state index is 12.0. The molecule has 1 heterocycles. The van der Waals surface area contributed by atoms with Gasteiger partial charge in [-0.05, 0) is 37.5 Å². The molecule has 25 heavy (non-hydrogen) atoms. The molecule has 0 aromatic heterocycles. The van der Waals surface area contributed by atoms with Crippen molar-refractivity contribution in [3.8, 4) is 0 Å². The Labute approximate surface area is 146 Å². The maximum Gasteiger partial charge on any atom is 0.350 e. The van der Waals surface area contributed by atoms with Gasteiger partial charge in [0.05, 0.1) is 0 Å². The number of anilines is 2. The van der Waals surface area contributed by atoms with Crippen molar-refractivity contribution in [2.24, 2.45) is 0 Å². The van der Waals surface area contributed by atoms with Crippen LogP contribution in [0.1, 0.15) is 37.5 Å². The first kappa shape index (κ1) is 18.5. The van der Waals surface area contributed by atoms with Crippen molar-refractivity contribution in [1.29, 1.82) is 0 Å². The zero-order valence-corrected chi connectivity index (χ0v) is 15.2. The quantitative estimate of drug-likeness (QED) is 0.496. The average molecular weight is 346 g/mol. The SMILES string of the molecule is CC(=O)Nc1c(C)cc(C)c(NC=C2C(=O)OC(C)(C)OC2=O)c1C. The lowest BCUT2D eigenvalue weighted by molar-refractivity contribution is -0.222. The zero-order valence-electron chi connectivity index (χ0n) is 15.2. The number of ether oxygens (including phenoxy) is 2. The summed E-state index contributed by atoms with van der Waals surface area (Å²) in [5.41, 5.74) is 3.77. The van der Waals surface area contributed by atoms with Crippen LogP contribution < -0.4 is 10.6 Å². The minimum atomic E-state index is -1.28. The van der Waals surface area contributed by atoms with Crippen LogP contribution in [0.2, 0.25) is 0 Å². The van der Waals surface area contributed by atoms with Gasteiger partial charge >= 0.3 is 11.9 Å². The van der Waals surface area contributed by atoms with Crippen LogP contribution in [0.5, 0.6) is 0 Å². The fourth-order valence-electron chi connectivity index (χ4n) is 2.70. The van der Waals surface area contributed by atoms with Crippen LogP contribution in [0.25, 0.3) is 0 Å². The van der Waals surface area contributed by atoms with E-state index in [4.69, 9.17) is 9.47 Å². The Morgan fingerprint density at radius 2 is 1.56 bits per heavy atom. The van der Waals surface area contributed by atoms with Crippen LogP contribution in [0.15, 0.2) is 17.8 Å². The molecule has 134 valence electrons. The van der Waals surface area contributed by atoms with Gasteiger partial charge in [0.1, 0.15) is 0 Å². The first-order valence-electron chi connectivity index (χ1n) is 7.83.